The SMILES string of the molecule is COc1ccc(Cc2nc(=S)[nH][nH]2)cc1OC. The number of ether oxygens (including phenoxy) is 2. The molecule has 0 atom stereocenters. The van der Waals surface area contributed by atoms with E-state index in [9.17, 15) is 0 Å². The van der Waals surface area contributed by atoms with Gasteiger partial charge in [-0.2, -0.15) is 0 Å². The van der Waals surface area contributed by atoms with Gasteiger partial charge in [-0.1, -0.05) is 6.07 Å². The Labute approximate surface area is 104 Å². The molecule has 2 rings (SSSR count). The van der Waals surface area contributed by atoms with Crippen LogP contribution in [-0.2, 0) is 6.42 Å². The summed E-state index contributed by atoms with van der Waals surface area (Å²) in [5.74, 6) is 2.22. The van der Waals surface area contributed by atoms with Crippen LogP contribution in [0.4, 0.5) is 0 Å². The lowest BCUT2D eigenvalue weighted by Crippen LogP contribution is -1.95. The fourth-order valence-electron chi connectivity index (χ4n) is 1.57. The van der Waals surface area contributed by atoms with Crippen molar-refractivity contribution < 1.29 is 9.47 Å². The zero-order valence-electron chi connectivity index (χ0n) is 9.61. The summed E-state index contributed by atoms with van der Waals surface area (Å²) in [5, 5.41) is 5.67. The Morgan fingerprint density at radius 1 is 1.18 bits per heavy atom. The van der Waals surface area contributed by atoms with Crippen molar-refractivity contribution in [1.82, 2.24) is 15.2 Å². The van der Waals surface area contributed by atoms with Gasteiger partial charge >= 0.3 is 0 Å². The van der Waals surface area contributed by atoms with Gasteiger partial charge in [0.1, 0.15) is 5.82 Å². The van der Waals surface area contributed by atoms with Gasteiger partial charge in [0.25, 0.3) is 0 Å². The molecule has 90 valence electrons. The fourth-order valence-corrected chi connectivity index (χ4v) is 1.73. The number of methoxy groups -OCH3 is 2. The van der Waals surface area contributed by atoms with Gasteiger partial charge in [-0.25, -0.2) is 4.98 Å². The van der Waals surface area contributed by atoms with Crippen molar-refractivity contribution in [2.45, 2.75) is 6.42 Å². The smallest absolute Gasteiger partial charge is 0.213 e. The summed E-state index contributed by atoms with van der Waals surface area (Å²) in [7, 11) is 3.23. The fraction of sp³-hybridized carbons (Fsp3) is 0.273. The van der Waals surface area contributed by atoms with Crippen LogP contribution in [0.5, 0.6) is 11.5 Å². The van der Waals surface area contributed by atoms with E-state index in [2.05, 4.69) is 15.2 Å². The van der Waals surface area contributed by atoms with E-state index in [0.29, 0.717) is 22.7 Å². The highest BCUT2D eigenvalue weighted by atomic mass is 32.1. The Kier molecular flexibility index (Phi) is 3.43. The number of nitrogens with zero attached hydrogens (tertiary/aromatic N) is 1. The van der Waals surface area contributed by atoms with E-state index in [4.69, 9.17) is 21.7 Å². The van der Waals surface area contributed by atoms with Crippen LogP contribution >= 0.6 is 12.2 Å². The molecule has 17 heavy (non-hydrogen) atoms. The van der Waals surface area contributed by atoms with Gasteiger partial charge in [0.15, 0.2) is 11.5 Å². The zero-order valence-corrected chi connectivity index (χ0v) is 10.4. The van der Waals surface area contributed by atoms with E-state index in [1.54, 1.807) is 14.2 Å². The third-order valence-electron chi connectivity index (χ3n) is 2.37. The van der Waals surface area contributed by atoms with Gasteiger partial charge in [-0.3, -0.25) is 10.2 Å². The molecule has 0 aliphatic heterocycles. The van der Waals surface area contributed by atoms with Crippen LogP contribution in [0.1, 0.15) is 11.4 Å². The van der Waals surface area contributed by atoms with E-state index < -0.39 is 0 Å². The summed E-state index contributed by atoms with van der Waals surface area (Å²) >= 11 is 4.89. The zero-order chi connectivity index (χ0) is 12.3. The second-order valence-corrected chi connectivity index (χ2v) is 3.87. The highest BCUT2D eigenvalue weighted by Gasteiger charge is 2.06. The van der Waals surface area contributed by atoms with Crippen molar-refractivity contribution in [3.05, 3.63) is 34.4 Å². The monoisotopic (exact) mass is 251 g/mol. The van der Waals surface area contributed by atoms with Crippen molar-refractivity contribution in [3.8, 4) is 11.5 Å². The molecule has 1 aromatic carbocycles. The van der Waals surface area contributed by atoms with Crippen LogP contribution in [0.2, 0.25) is 0 Å². The van der Waals surface area contributed by atoms with E-state index in [0.717, 1.165) is 11.4 Å². The number of aromatic amines is 2. The minimum absolute atomic E-state index is 0.459. The molecule has 0 unspecified atom stereocenters. The van der Waals surface area contributed by atoms with Crippen LogP contribution in [0.3, 0.4) is 0 Å². The average Bonchev–Trinajstić information content (AvgIpc) is 2.74. The summed E-state index contributed by atoms with van der Waals surface area (Å²) in [6.45, 7) is 0. The molecule has 0 saturated carbocycles. The third-order valence-corrected chi connectivity index (χ3v) is 2.56. The van der Waals surface area contributed by atoms with Crippen molar-refractivity contribution >= 4 is 12.2 Å². The second-order valence-electron chi connectivity index (χ2n) is 3.48. The van der Waals surface area contributed by atoms with Gasteiger partial charge in [-0.15, -0.1) is 0 Å². The first-order chi connectivity index (χ1) is 8.22. The number of hydrogen-bond acceptors (Lipinski definition) is 4. The van der Waals surface area contributed by atoms with E-state index >= 15 is 0 Å². The predicted molar refractivity (Wildman–Crippen MR) is 66.1 cm³/mol. The predicted octanol–water partition coefficient (Wildman–Crippen LogP) is 2.08. The minimum atomic E-state index is 0.459. The van der Waals surface area contributed by atoms with Gasteiger partial charge in [0.2, 0.25) is 4.77 Å². The lowest BCUT2D eigenvalue weighted by molar-refractivity contribution is 0.354. The molecule has 0 amide bonds. The first-order valence-corrected chi connectivity index (χ1v) is 5.48. The molecular formula is C11H13N3O2S. The summed E-state index contributed by atoms with van der Waals surface area (Å²) in [5.41, 5.74) is 1.07. The molecule has 6 heteroatoms. The third kappa shape index (κ3) is 2.65. The van der Waals surface area contributed by atoms with Crippen LogP contribution in [0, 0.1) is 4.77 Å². The maximum Gasteiger partial charge on any atom is 0.213 e. The molecule has 1 aromatic heterocycles. The molecule has 5 nitrogen and oxygen atoms in total. The molecule has 2 N–H and O–H groups in total. The van der Waals surface area contributed by atoms with Gasteiger partial charge < -0.3 is 9.47 Å². The molecule has 0 fully saturated rings. The molecule has 2 aromatic rings. The minimum Gasteiger partial charge on any atom is -0.493 e. The summed E-state index contributed by atoms with van der Waals surface area (Å²) < 4.78 is 10.9. The normalized spacial score (nSPS) is 10.2. The molecule has 0 radical (unpaired) electrons. The number of aromatic nitrogens is 3. The van der Waals surface area contributed by atoms with Crippen LogP contribution < -0.4 is 9.47 Å². The van der Waals surface area contributed by atoms with E-state index in [1.165, 1.54) is 0 Å². The first kappa shape index (κ1) is 11.7. The Hall–Kier alpha value is -1.82. The quantitative estimate of drug-likeness (QED) is 0.817. The summed E-state index contributed by atoms with van der Waals surface area (Å²) in [6.07, 6.45) is 0.660. The molecule has 0 bridgehead atoms. The lowest BCUT2D eigenvalue weighted by Gasteiger charge is -2.08. The van der Waals surface area contributed by atoms with Gasteiger partial charge in [0.05, 0.1) is 14.2 Å². The van der Waals surface area contributed by atoms with Crippen LogP contribution in [-0.4, -0.2) is 29.4 Å². The molecule has 0 aliphatic carbocycles. The summed E-state index contributed by atoms with van der Waals surface area (Å²) in [6, 6.07) is 5.76. The number of hydrogen-bond donors (Lipinski definition) is 2. The Bertz CT molecular complexity index is 562. The molecule has 1 heterocycles. The van der Waals surface area contributed by atoms with Crippen LogP contribution in [0.15, 0.2) is 18.2 Å². The van der Waals surface area contributed by atoms with E-state index in [1.807, 2.05) is 18.2 Å². The Morgan fingerprint density at radius 2 is 1.94 bits per heavy atom. The van der Waals surface area contributed by atoms with Crippen LogP contribution in [0.25, 0.3) is 0 Å². The van der Waals surface area contributed by atoms with Crippen molar-refractivity contribution in [3.63, 3.8) is 0 Å². The molecule has 0 spiro atoms. The first-order valence-electron chi connectivity index (χ1n) is 5.07. The standard InChI is InChI=1S/C11H13N3O2S/c1-15-8-4-3-7(5-9(8)16-2)6-10-12-11(17)14-13-10/h3-5H,6H2,1-2H3,(H2,12,13,14,17). The van der Waals surface area contributed by atoms with E-state index in [-0.39, 0.29) is 0 Å². The number of H-pyrrole nitrogens is 2. The maximum atomic E-state index is 5.24. The highest BCUT2D eigenvalue weighted by molar-refractivity contribution is 7.71. The number of benzene rings is 1. The maximum absolute atomic E-state index is 5.24. The molecular weight excluding hydrogens is 238 g/mol. The van der Waals surface area contributed by atoms with Crippen molar-refractivity contribution in [2.24, 2.45) is 0 Å². The Morgan fingerprint density at radius 3 is 2.53 bits per heavy atom. The lowest BCUT2D eigenvalue weighted by atomic mass is 10.1. The summed E-state index contributed by atoms with van der Waals surface area (Å²) in [4.78, 5) is 4.14. The van der Waals surface area contributed by atoms with Gasteiger partial charge in [0, 0.05) is 6.42 Å². The second kappa shape index (κ2) is 5.01. The molecule has 0 saturated heterocycles. The Balaban J connectivity index is 2.25. The van der Waals surface area contributed by atoms with Gasteiger partial charge in [-0.05, 0) is 29.9 Å². The largest absolute Gasteiger partial charge is 0.493 e. The average molecular weight is 251 g/mol. The highest BCUT2D eigenvalue weighted by Crippen LogP contribution is 2.28. The topological polar surface area (TPSA) is 62.9 Å². The van der Waals surface area contributed by atoms with Crippen molar-refractivity contribution in [2.75, 3.05) is 14.2 Å². The number of rotatable bonds is 4. The number of nitrogens with one attached hydrogen (secondary N) is 2. The van der Waals surface area contributed by atoms with Crippen molar-refractivity contribution in [1.29, 1.82) is 0 Å². The molecule has 0 aliphatic rings.